The summed E-state index contributed by atoms with van der Waals surface area (Å²) in [5, 5.41) is 3.05. The molecule has 0 bridgehead atoms. The second-order valence-corrected chi connectivity index (χ2v) is 3.11. The van der Waals surface area contributed by atoms with Gasteiger partial charge in [0.15, 0.2) is 5.82 Å². The van der Waals surface area contributed by atoms with Crippen LogP contribution in [0.1, 0.15) is 30.8 Å². The van der Waals surface area contributed by atoms with Crippen molar-refractivity contribution >= 4 is 0 Å². The number of nitrogens with one attached hydrogen (secondary N) is 1. The van der Waals surface area contributed by atoms with Crippen LogP contribution in [0.15, 0.2) is 12.4 Å². The van der Waals surface area contributed by atoms with Crippen molar-refractivity contribution < 1.29 is 4.74 Å². The van der Waals surface area contributed by atoms with E-state index in [0.717, 1.165) is 24.4 Å². The molecular formula is C10H17N3O. The molecule has 0 amide bonds. The normalized spacial score (nSPS) is 12.8. The largest absolute Gasteiger partial charge is 0.373 e. The van der Waals surface area contributed by atoms with Crippen molar-refractivity contribution in [1.29, 1.82) is 0 Å². The van der Waals surface area contributed by atoms with Crippen LogP contribution in [-0.2, 0) is 11.3 Å². The fraction of sp³-hybridized carbons (Fsp3) is 0.600. The maximum absolute atomic E-state index is 5.24. The van der Waals surface area contributed by atoms with Crippen LogP contribution in [0, 0.1) is 0 Å². The van der Waals surface area contributed by atoms with Crippen LogP contribution in [0.2, 0.25) is 0 Å². The van der Waals surface area contributed by atoms with Gasteiger partial charge in [-0.25, -0.2) is 9.97 Å². The van der Waals surface area contributed by atoms with E-state index in [4.69, 9.17) is 4.74 Å². The van der Waals surface area contributed by atoms with E-state index in [9.17, 15) is 0 Å². The van der Waals surface area contributed by atoms with Gasteiger partial charge in [-0.3, -0.25) is 0 Å². The summed E-state index contributed by atoms with van der Waals surface area (Å²) in [7, 11) is 3.58. The molecular weight excluding hydrogens is 178 g/mol. The summed E-state index contributed by atoms with van der Waals surface area (Å²) in [6.45, 7) is 2.85. The minimum atomic E-state index is 0.0126. The summed E-state index contributed by atoms with van der Waals surface area (Å²) in [5.74, 6) is 0.759. The standard InChI is InChI=1S/C10H17N3O/c1-4-9(14-3)10-12-6-8(5-11-2)7-13-10/h6-7,9,11H,4-5H2,1-3H3. The Hall–Kier alpha value is -1.00. The van der Waals surface area contributed by atoms with E-state index in [1.165, 1.54) is 0 Å². The Morgan fingerprint density at radius 1 is 1.43 bits per heavy atom. The smallest absolute Gasteiger partial charge is 0.157 e. The molecule has 0 aromatic carbocycles. The zero-order chi connectivity index (χ0) is 10.4. The number of hydrogen-bond acceptors (Lipinski definition) is 4. The lowest BCUT2D eigenvalue weighted by molar-refractivity contribution is 0.0925. The van der Waals surface area contributed by atoms with Gasteiger partial charge in [0, 0.05) is 31.6 Å². The van der Waals surface area contributed by atoms with E-state index in [0.29, 0.717) is 0 Å². The molecule has 0 saturated heterocycles. The number of hydrogen-bond donors (Lipinski definition) is 1. The Bertz CT molecular complexity index is 257. The molecule has 0 radical (unpaired) electrons. The summed E-state index contributed by atoms with van der Waals surface area (Å²) < 4.78 is 5.24. The van der Waals surface area contributed by atoms with E-state index >= 15 is 0 Å². The van der Waals surface area contributed by atoms with Crippen LogP contribution in [0.4, 0.5) is 0 Å². The average Bonchev–Trinajstić information content (AvgIpc) is 2.23. The van der Waals surface area contributed by atoms with E-state index in [1.54, 1.807) is 7.11 Å². The van der Waals surface area contributed by atoms with Gasteiger partial charge in [0.25, 0.3) is 0 Å². The van der Waals surface area contributed by atoms with Crippen LogP contribution >= 0.6 is 0 Å². The number of rotatable bonds is 5. The molecule has 0 fully saturated rings. The summed E-state index contributed by atoms with van der Waals surface area (Å²) in [5.41, 5.74) is 1.09. The van der Waals surface area contributed by atoms with Crippen molar-refractivity contribution in [3.8, 4) is 0 Å². The summed E-state index contributed by atoms with van der Waals surface area (Å²) in [6.07, 6.45) is 4.57. The maximum Gasteiger partial charge on any atom is 0.157 e. The number of methoxy groups -OCH3 is 1. The first-order chi connectivity index (χ1) is 6.81. The fourth-order valence-electron chi connectivity index (χ4n) is 1.28. The highest BCUT2D eigenvalue weighted by Crippen LogP contribution is 2.14. The molecule has 0 aliphatic carbocycles. The fourth-order valence-corrected chi connectivity index (χ4v) is 1.28. The maximum atomic E-state index is 5.24. The van der Waals surface area contributed by atoms with Gasteiger partial charge in [-0.2, -0.15) is 0 Å². The van der Waals surface area contributed by atoms with Crippen molar-refractivity contribution in [1.82, 2.24) is 15.3 Å². The molecule has 1 unspecified atom stereocenters. The van der Waals surface area contributed by atoms with Gasteiger partial charge >= 0.3 is 0 Å². The van der Waals surface area contributed by atoms with Crippen LogP contribution in [0.3, 0.4) is 0 Å². The molecule has 0 aliphatic heterocycles. The topological polar surface area (TPSA) is 47.0 Å². The van der Waals surface area contributed by atoms with Crippen molar-refractivity contribution in [2.45, 2.75) is 26.0 Å². The van der Waals surface area contributed by atoms with Crippen molar-refractivity contribution in [2.24, 2.45) is 0 Å². The molecule has 4 nitrogen and oxygen atoms in total. The number of nitrogens with zero attached hydrogens (tertiary/aromatic N) is 2. The van der Waals surface area contributed by atoms with Gasteiger partial charge < -0.3 is 10.1 Å². The lowest BCUT2D eigenvalue weighted by Crippen LogP contribution is -2.09. The molecule has 1 atom stereocenters. The summed E-state index contributed by atoms with van der Waals surface area (Å²) >= 11 is 0. The summed E-state index contributed by atoms with van der Waals surface area (Å²) in [6, 6.07) is 0. The first-order valence-electron chi connectivity index (χ1n) is 4.80. The second kappa shape index (κ2) is 5.67. The summed E-state index contributed by atoms with van der Waals surface area (Å²) in [4.78, 5) is 8.53. The van der Waals surface area contributed by atoms with Crippen LogP contribution < -0.4 is 5.32 Å². The Morgan fingerprint density at radius 2 is 2.07 bits per heavy atom. The number of ether oxygens (including phenoxy) is 1. The van der Waals surface area contributed by atoms with Crippen molar-refractivity contribution in [2.75, 3.05) is 14.2 Å². The third-order valence-corrected chi connectivity index (χ3v) is 2.05. The predicted molar refractivity (Wildman–Crippen MR) is 54.8 cm³/mol. The van der Waals surface area contributed by atoms with Gasteiger partial charge in [0.1, 0.15) is 6.10 Å². The first-order valence-corrected chi connectivity index (χ1v) is 4.80. The van der Waals surface area contributed by atoms with Crippen LogP contribution in [-0.4, -0.2) is 24.1 Å². The van der Waals surface area contributed by atoms with E-state index in [1.807, 2.05) is 19.4 Å². The third-order valence-electron chi connectivity index (χ3n) is 2.05. The quantitative estimate of drug-likeness (QED) is 0.769. The van der Waals surface area contributed by atoms with E-state index < -0.39 is 0 Å². The minimum absolute atomic E-state index is 0.0126. The lowest BCUT2D eigenvalue weighted by Gasteiger charge is -2.11. The van der Waals surface area contributed by atoms with E-state index in [2.05, 4.69) is 22.2 Å². The second-order valence-electron chi connectivity index (χ2n) is 3.11. The lowest BCUT2D eigenvalue weighted by atomic mass is 10.2. The SMILES string of the molecule is CCC(OC)c1ncc(CNC)cn1. The Balaban J connectivity index is 2.71. The molecule has 1 heterocycles. The molecule has 0 saturated carbocycles. The molecule has 0 aliphatic rings. The number of aromatic nitrogens is 2. The molecule has 1 rings (SSSR count). The predicted octanol–water partition coefficient (Wildman–Crippen LogP) is 1.29. The van der Waals surface area contributed by atoms with Gasteiger partial charge in [-0.05, 0) is 13.5 Å². The van der Waals surface area contributed by atoms with Crippen molar-refractivity contribution in [3.05, 3.63) is 23.8 Å². The highest BCUT2D eigenvalue weighted by atomic mass is 16.5. The van der Waals surface area contributed by atoms with Gasteiger partial charge in [-0.1, -0.05) is 6.92 Å². The van der Waals surface area contributed by atoms with E-state index in [-0.39, 0.29) is 6.10 Å². The molecule has 1 aromatic heterocycles. The van der Waals surface area contributed by atoms with Crippen LogP contribution in [0.5, 0.6) is 0 Å². The Kier molecular flexibility index (Phi) is 4.49. The minimum Gasteiger partial charge on any atom is -0.373 e. The molecule has 14 heavy (non-hydrogen) atoms. The highest BCUT2D eigenvalue weighted by molar-refractivity contribution is 5.05. The molecule has 78 valence electrons. The zero-order valence-corrected chi connectivity index (χ0v) is 8.95. The van der Waals surface area contributed by atoms with Crippen LogP contribution in [0.25, 0.3) is 0 Å². The first kappa shape index (κ1) is 11.1. The molecule has 4 heteroatoms. The molecule has 1 N–H and O–H groups in total. The zero-order valence-electron chi connectivity index (χ0n) is 8.95. The highest BCUT2D eigenvalue weighted by Gasteiger charge is 2.10. The van der Waals surface area contributed by atoms with Gasteiger partial charge in [0.2, 0.25) is 0 Å². The molecule has 1 aromatic rings. The average molecular weight is 195 g/mol. The Labute approximate surface area is 84.7 Å². The third kappa shape index (κ3) is 2.75. The molecule has 0 spiro atoms. The monoisotopic (exact) mass is 195 g/mol. The van der Waals surface area contributed by atoms with Crippen molar-refractivity contribution in [3.63, 3.8) is 0 Å². The van der Waals surface area contributed by atoms with Gasteiger partial charge in [0.05, 0.1) is 0 Å². The van der Waals surface area contributed by atoms with Gasteiger partial charge in [-0.15, -0.1) is 0 Å². The Morgan fingerprint density at radius 3 is 2.50 bits per heavy atom.